The SMILES string of the molecule is CN1C(=O)C[C@H](NC(=O)CCN2CCN(C(=O)OC(C)(C)C)CC2)[C@@H]1c1ccc(F)cc1. The van der Waals surface area contributed by atoms with E-state index in [2.05, 4.69) is 10.2 Å². The molecule has 1 aromatic rings. The smallest absolute Gasteiger partial charge is 0.410 e. The number of carbonyl (C=O) groups excluding carboxylic acids is 3. The molecule has 1 aromatic carbocycles. The Morgan fingerprint density at radius 3 is 2.34 bits per heavy atom. The molecule has 0 spiro atoms. The van der Waals surface area contributed by atoms with Gasteiger partial charge in [0.25, 0.3) is 0 Å². The lowest BCUT2D eigenvalue weighted by atomic mass is 10.00. The van der Waals surface area contributed by atoms with Crippen molar-refractivity contribution in [1.82, 2.24) is 20.0 Å². The first-order valence-corrected chi connectivity index (χ1v) is 11.0. The summed E-state index contributed by atoms with van der Waals surface area (Å²) in [6.45, 7) is 8.58. The molecule has 2 aliphatic rings. The molecule has 2 heterocycles. The molecular formula is C23H33FN4O4. The van der Waals surface area contributed by atoms with E-state index in [0.717, 1.165) is 5.56 Å². The monoisotopic (exact) mass is 448 g/mol. The van der Waals surface area contributed by atoms with Gasteiger partial charge < -0.3 is 19.9 Å². The first kappa shape index (κ1) is 24.0. The molecule has 2 aliphatic heterocycles. The summed E-state index contributed by atoms with van der Waals surface area (Å²) < 4.78 is 18.7. The van der Waals surface area contributed by atoms with Gasteiger partial charge in [0.15, 0.2) is 0 Å². The normalized spacial score (nSPS) is 22.2. The van der Waals surface area contributed by atoms with Gasteiger partial charge in [-0.3, -0.25) is 14.5 Å². The Bertz CT molecular complexity index is 831. The van der Waals surface area contributed by atoms with Crippen LogP contribution in [0.3, 0.4) is 0 Å². The van der Waals surface area contributed by atoms with Gasteiger partial charge in [-0.1, -0.05) is 12.1 Å². The van der Waals surface area contributed by atoms with Crippen molar-refractivity contribution in [3.05, 3.63) is 35.6 Å². The van der Waals surface area contributed by atoms with E-state index in [4.69, 9.17) is 4.74 Å². The maximum Gasteiger partial charge on any atom is 0.410 e. The van der Waals surface area contributed by atoms with E-state index in [1.807, 2.05) is 20.8 Å². The van der Waals surface area contributed by atoms with Crippen LogP contribution in [0.4, 0.5) is 9.18 Å². The van der Waals surface area contributed by atoms with Crippen molar-refractivity contribution in [2.24, 2.45) is 0 Å². The number of ether oxygens (including phenoxy) is 1. The fourth-order valence-corrected chi connectivity index (χ4v) is 4.13. The van der Waals surface area contributed by atoms with Gasteiger partial charge in [0.05, 0.1) is 12.1 Å². The highest BCUT2D eigenvalue weighted by Gasteiger charge is 2.39. The molecule has 8 nitrogen and oxygen atoms in total. The average molecular weight is 449 g/mol. The molecular weight excluding hydrogens is 415 g/mol. The number of nitrogens with one attached hydrogen (secondary N) is 1. The fraction of sp³-hybridized carbons (Fsp3) is 0.609. The van der Waals surface area contributed by atoms with E-state index in [-0.39, 0.29) is 42.2 Å². The Labute approximate surface area is 188 Å². The highest BCUT2D eigenvalue weighted by molar-refractivity contribution is 5.83. The van der Waals surface area contributed by atoms with Crippen LogP contribution in [0, 0.1) is 5.82 Å². The quantitative estimate of drug-likeness (QED) is 0.747. The van der Waals surface area contributed by atoms with E-state index in [1.54, 1.807) is 29.0 Å². The van der Waals surface area contributed by atoms with E-state index < -0.39 is 5.60 Å². The Hall–Kier alpha value is -2.68. The molecule has 32 heavy (non-hydrogen) atoms. The van der Waals surface area contributed by atoms with Gasteiger partial charge in [0, 0.05) is 52.6 Å². The largest absolute Gasteiger partial charge is 0.444 e. The number of nitrogens with zero attached hydrogens (tertiary/aromatic N) is 3. The molecule has 0 unspecified atom stereocenters. The van der Waals surface area contributed by atoms with Crippen molar-refractivity contribution >= 4 is 17.9 Å². The van der Waals surface area contributed by atoms with E-state index in [9.17, 15) is 18.8 Å². The van der Waals surface area contributed by atoms with E-state index in [0.29, 0.717) is 39.1 Å². The van der Waals surface area contributed by atoms with E-state index >= 15 is 0 Å². The third-order valence-corrected chi connectivity index (χ3v) is 5.82. The van der Waals surface area contributed by atoms with Gasteiger partial charge in [0.1, 0.15) is 11.4 Å². The summed E-state index contributed by atoms with van der Waals surface area (Å²) in [5.74, 6) is -0.518. The summed E-state index contributed by atoms with van der Waals surface area (Å²) in [5.41, 5.74) is 0.275. The van der Waals surface area contributed by atoms with Crippen LogP contribution in [0.5, 0.6) is 0 Å². The number of likely N-dealkylation sites (N-methyl/N-ethyl adjacent to an activating group) is 1. The van der Waals surface area contributed by atoms with Crippen LogP contribution in [0.15, 0.2) is 24.3 Å². The summed E-state index contributed by atoms with van der Waals surface area (Å²) in [6, 6.07) is 5.36. The van der Waals surface area contributed by atoms with Crippen LogP contribution in [0.1, 0.15) is 45.2 Å². The third kappa shape index (κ3) is 6.18. The molecule has 0 radical (unpaired) electrons. The second-order valence-corrected chi connectivity index (χ2v) is 9.44. The first-order chi connectivity index (χ1) is 15.0. The molecule has 0 aliphatic carbocycles. The molecule has 2 fully saturated rings. The van der Waals surface area contributed by atoms with Crippen LogP contribution >= 0.6 is 0 Å². The zero-order valence-corrected chi connectivity index (χ0v) is 19.3. The van der Waals surface area contributed by atoms with Gasteiger partial charge >= 0.3 is 6.09 Å². The van der Waals surface area contributed by atoms with Gasteiger partial charge in [-0.2, -0.15) is 0 Å². The summed E-state index contributed by atoms with van der Waals surface area (Å²) in [4.78, 5) is 42.5. The second-order valence-electron chi connectivity index (χ2n) is 9.44. The number of hydrogen-bond acceptors (Lipinski definition) is 5. The van der Waals surface area contributed by atoms with Crippen molar-refractivity contribution in [2.75, 3.05) is 39.8 Å². The topological polar surface area (TPSA) is 82.2 Å². The molecule has 2 saturated heterocycles. The zero-order valence-electron chi connectivity index (χ0n) is 19.3. The van der Waals surface area contributed by atoms with Crippen molar-refractivity contribution < 1.29 is 23.5 Å². The van der Waals surface area contributed by atoms with Crippen molar-refractivity contribution in [1.29, 1.82) is 0 Å². The lowest BCUT2D eigenvalue weighted by molar-refractivity contribution is -0.127. The first-order valence-electron chi connectivity index (χ1n) is 11.0. The Balaban J connectivity index is 1.47. The van der Waals surface area contributed by atoms with Gasteiger partial charge in [-0.05, 0) is 38.5 Å². The minimum absolute atomic E-state index is 0.0529. The highest BCUT2D eigenvalue weighted by atomic mass is 19.1. The third-order valence-electron chi connectivity index (χ3n) is 5.82. The second kappa shape index (κ2) is 9.85. The molecule has 0 saturated carbocycles. The molecule has 3 rings (SSSR count). The number of likely N-dealkylation sites (tertiary alicyclic amines) is 1. The van der Waals surface area contributed by atoms with Crippen molar-refractivity contribution in [3.8, 4) is 0 Å². The minimum atomic E-state index is -0.520. The molecule has 9 heteroatoms. The number of carbonyl (C=O) groups is 3. The van der Waals surface area contributed by atoms with Crippen LogP contribution in [0.2, 0.25) is 0 Å². The number of rotatable bonds is 5. The van der Waals surface area contributed by atoms with Crippen molar-refractivity contribution in [3.63, 3.8) is 0 Å². The molecule has 1 N–H and O–H groups in total. The Kier molecular flexibility index (Phi) is 7.38. The van der Waals surface area contributed by atoms with Crippen LogP contribution < -0.4 is 5.32 Å². The lowest BCUT2D eigenvalue weighted by Crippen LogP contribution is -2.50. The standard InChI is InChI=1S/C23H33FN4O4/c1-23(2,3)32-22(31)28-13-11-27(12-14-28)10-9-19(29)25-18-15-20(30)26(4)21(18)16-5-7-17(24)8-6-16/h5-8,18,21H,9-15H2,1-4H3,(H,25,29)/t18-,21-/m0/s1. The van der Waals surface area contributed by atoms with Gasteiger partial charge in [-0.15, -0.1) is 0 Å². The Morgan fingerprint density at radius 2 is 1.75 bits per heavy atom. The maximum atomic E-state index is 13.3. The molecule has 0 bridgehead atoms. The van der Waals surface area contributed by atoms with Gasteiger partial charge in [-0.25, -0.2) is 9.18 Å². The van der Waals surface area contributed by atoms with E-state index in [1.165, 1.54) is 12.1 Å². The summed E-state index contributed by atoms with van der Waals surface area (Å²) in [7, 11) is 1.70. The summed E-state index contributed by atoms with van der Waals surface area (Å²) >= 11 is 0. The van der Waals surface area contributed by atoms with Crippen LogP contribution in [-0.2, 0) is 14.3 Å². The van der Waals surface area contributed by atoms with Crippen LogP contribution in [0.25, 0.3) is 0 Å². The lowest BCUT2D eigenvalue weighted by Gasteiger charge is -2.35. The predicted octanol–water partition coefficient (Wildman–Crippen LogP) is 2.16. The number of hydrogen-bond donors (Lipinski definition) is 1. The molecule has 2 atom stereocenters. The Morgan fingerprint density at radius 1 is 1.12 bits per heavy atom. The maximum absolute atomic E-state index is 13.3. The highest BCUT2D eigenvalue weighted by Crippen LogP contribution is 2.32. The molecule has 3 amide bonds. The summed E-state index contributed by atoms with van der Waals surface area (Å²) in [6.07, 6.45) is 0.215. The number of halogens is 1. The average Bonchev–Trinajstić information content (AvgIpc) is 2.99. The molecule has 0 aromatic heterocycles. The molecule has 176 valence electrons. The summed E-state index contributed by atoms with van der Waals surface area (Å²) in [5, 5.41) is 2.99. The number of piperazine rings is 1. The predicted molar refractivity (Wildman–Crippen MR) is 117 cm³/mol. The minimum Gasteiger partial charge on any atom is -0.444 e. The van der Waals surface area contributed by atoms with Gasteiger partial charge in [0.2, 0.25) is 11.8 Å². The zero-order chi connectivity index (χ0) is 23.5. The fourth-order valence-electron chi connectivity index (χ4n) is 4.13. The van der Waals surface area contributed by atoms with Crippen LogP contribution in [-0.4, -0.2) is 84.0 Å². The number of amides is 3. The number of benzene rings is 1. The van der Waals surface area contributed by atoms with Crippen molar-refractivity contribution in [2.45, 2.75) is 51.3 Å².